The van der Waals surface area contributed by atoms with Crippen LogP contribution >= 0.6 is 0 Å². The molecule has 4 amide bonds. The number of primary amides is 2. The summed E-state index contributed by atoms with van der Waals surface area (Å²) in [5, 5.41) is 17.8. The Morgan fingerprint density at radius 2 is 1.07 bits per heavy atom. The third-order valence-electron chi connectivity index (χ3n) is 17.4. The number of amides is 4. The topological polar surface area (TPSA) is 292 Å². The normalized spacial score (nSPS) is 40.9. The highest BCUT2D eigenvalue weighted by atomic mass is 16.8. The molecule has 25 atom stereocenters. The van der Waals surface area contributed by atoms with E-state index >= 15 is 0 Å². The summed E-state index contributed by atoms with van der Waals surface area (Å²) in [5.74, 6) is -3.44. The first-order valence-electron chi connectivity index (χ1n) is 28.4. The zero-order chi connectivity index (χ0) is 59.2. The van der Waals surface area contributed by atoms with Crippen molar-refractivity contribution in [1.29, 1.82) is 0 Å². The first kappa shape index (κ1) is 63.9. The number of ether oxygens (including phenoxy) is 12. The smallest absolute Gasteiger partial charge is 0.404 e. The minimum absolute atomic E-state index is 0.0410. The SMILES string of the molecule is CC(=O)NC1[C@H](O[C@@H]2C(CO[C@@H]3OC(COCc4ccccc4)[C@@H](C)[C@H](C)C3OCc3ccccc3)O[C@@H](OC3[C@H](C)OC(C(N)=O)[C@@](C)(O)[C@@H]3OC(N)=O)C(NC(C)=O)[C@H]2C)OC(C)[C@@H](O[C@@H]2OC(C(C)=O)[C@H](C)[C@H](C)C2C)[C@@H]1C. The van der Waals surface area contributed by atoms with Gasteiger partial charge in [0.05, 0.1) is 69.0 Å². The first-order valence-corrected chi connectivity index (χ1v) is 28.4. The number of ketones is 1. The minimum Gasteiger partial charge on any atom is -0.440 e. The molecule has 10 unspecified atom stereocenters. The second-order valence-corrected chi connectivity index (χ2v) is 23.4. The maximum atomic E-state index is 13.3. The predicted octanol–water partition coefficient (Wildman–Crippen LogP) is 4.42. The van der Waals surface area contributed by atoms with E-state index in [4.69, 9.17) is 68.3 Å². The fraction of sp³-hybridized carbons (Fsp3) is 0.712. The van der Waals surface area contributed by atoms with E-state index in [1.54, 1.807) is 0 Å². The Hall–Kier alpha value is -4.69. The van der Waals surface area contributed by atoms with Crippen molar-refractivity contribution >= 4 is 29.6 Å². The number of hydrogen-bond acceptors (Lipinski definition) is 18. The van der Waals surface area contributed by atoms with Crippen LogP contribution in [-0.4, -0.2) is 158 Å². The van der Waals surface area contributed by atoms with Crippen molar-refractivity contribution in [2.75, 3.05) is 13.2 Å². The van der Waals surface area contributed by atoms with Crippen LogP contribution in [0.4, 0.5) is 4.79 Å². The molecule has 452 valence electrons. The molecule has 7 N–H and O–H groups in total. The lowest BCUT2D eigenvalue weighted by atomic mass is 9.78. The molecule has 5 heterocycles. The second-order valence-electron chi connectivity index (χ2n) is 23.4. The third-order valence-corrected chi connectivity index (χ3v) is 17.4. The average molecular weight is 1140 g/mol. The molecule has 0 aliphatic carbocycles. The fourth-order valence-electron chi connectivity index (χ4n) is 12.2. The third kappa shape index (κ3) is 15.2. The van der Waals surface area contributed by atoms with Gasteiger partial charge in [-0.3, -0.25) is 19.2 Å². The molecule has 2 aromatic carbocycles. The molecular weight excluding hydrogens is 1050 g/mol. The van der Waals surface area contributed by atoms with Gasteiger partial charge in [-0.1, -0.05) is 109 Å². The highest BCUT2D eigenvalue weighted by Gasteiger charge is 2.59. The van der Waals surface area contributed by atoms with Crippen molar-refractivity contribution in [2.45, 2.75) is 213 Å². The predicted molar refractivity (Wildman–Crippen MR) is 291 cm³/mol. The van der Waals surface area contributed by atoms with Gasteiger partial charge in [-0.2, -0.15) is 0 Å². The Labute approximate surface area is 475 Å². The minimum atomic E-state index is -2.27. The Balaban J connectivity index is 1.23. The van der Waals surface area contributed by atoms with Crippen molar-refractivity contribution < 1.29 is 85.9 Å². The number of hydrogen-bond donors (Lipinski definition) is 5. The van der Waals surface area contributed by atoms with Crippen LogP contribution in [0.25, 0.3) is 0 Å². The van der Waals surface area contributed by atoms with Crippen LogP contribution in [0.2, 0.25) is 0 Å². The molecule has 22 nitrogen and oxygen atoms in total. The van der Waals surface area contributed by atoms with Crippen LogP contribution in [0.1, 0.15) is 101 Å². The van der Waals surface area contributed by atoms with E-state index < -0.39 is 140 Å². The number of rotatable bonds is 21. The number of carbonyl (C=O) groups excluding carboxylic acids is 5. The molecular formula is C59H88N4O18. The molecule has 0 bridgehead atoms. The van der Waals surface area contributed by atoms with Gasteiger partial charge in [-0.25, -0.2) is 4.79 Å². The monoisotopic (exact) mass is 1140 g/mol. The average Bonchev–Trinajstić information content (AvgIpc) is 3.50. The van der Waals surface area contributed by atoms with Gasteiger partial charge in [-0.15, -0.1) is 0 Å². The molecule has 2 aromatic rings. The Morgan fingerprint density at radius 1 is 0.543 bits per heavy atom. The van der Waals surface area contributed by atoms with E-state index in [9.17, 15) is 29.1 Å². The molecule has 0 spiro atoms. The number of aliphatic hydroxyl groups is 1. The highest BCUT2D eigenvalue weighted by Crippen LogP contribution is 2.42. The number of carbonyl (C=O) groups is 5. The molecule has 5 aliphatic heterocycles. The summed E-state index contributed by atoms with van der Waals surface area (Å²) in [6, 6.07) is 17.7. The lowest BCUT2D eigenvalue weighted by Gasteiger charge is -2.52. The Kier molecular flexibility index (Phi) is 21.9. The van der Waals surface area contributed by atoms with Gasteiger partial charge >= 0.3 is 6.09 Å². The molecule has 7 rings (SSSR count). The zero-order valence-electron chi connectivity index (χ0n) is 49.0. The second kappa shape index (κ2) is 27.8. The Morgan fingerprint density at radius 3 is 1.64 bits per heavy atom. The van der Waals surface area contributed by atoms with Gasteiger partial charge in [0.1, 0.15) is 30.0 Å². The summed E-state index contributed by atoms with van der Waals surface area (Å²) in [6.45, 7) is 23.4. The first-order chi connectivity index (χ1) is 38.3. The van der Waals surface area contributed by atoms with E-state index in [2.05, 4.69) is 31.4 Å². The largest absolute Gasteiger partial charge is 0.440 e. The van der Waals surface area contributed by atoms with Crippen LogP contribution in [0, 0.1) is 41.4 Å². The molecule has 0 aromatic heterocycles. The van der Waals surface area contributed by atoms with E-state index in [1.165, 1.54) is 34.6 Å². The molecule has 5 aliphatic rings. The molecule has 5 fully saturated rings. The number of nitrogens with two attached hydrogens (primary N) is 2. The maximum Gasteiger partial charge on any atom is 0.404 e. The summed E-state index contributed by atoms with van der Waals surface area (Å²) in [5.41, 5.74) is 10.9. The molecule has 0 radical (unpaired) electrons. The summed E-state index contributed by atoms with van der Waals surface area (Å²) >= 11 is 0. The van der Waals surface area contributed by atoms with Gasteiger partial charge < -0.3 is 84.0 Å². The van der Waals surface area contributed by atoms with Crippen LogP contribution in [0.5, 0.6) is 0 Å². The van der Waals surface area contributed by atoms with Gasteiger partial charge in [0, 0.05) is 31.6 Å². The summed E-state index contributed by atoms with van der Waals surface area (Å²) in [7, 11) is 0. The maximum absolute atomic E-state index is 13.3. The van der Waals surface area contributed by atoms with E-state index in [0.717, 1.165) is 11.1 Å². The van der Waals surface area contributed by atoms with Gasteiger partial charge in [-0.05, 0) is 62.5 Å². The van der Waals surface area contributed by atoms with E-state index in [-0.39, 0.29) is 61.1 Å². The van der Waals surface area contributed by atoms with Crippen molar-refractivity contribution in [2.24, 2.45) is 52.9 Å². The van der Waals surface area contributed by atoms with Gasteiger partial charge in [0.2, 0.25) is 17.7 Å². The lowest BCUT2D eigenvalue weighted by Crippen LogP contribution is -2.71. The van der Waals surface area contributed by atoms with E-state index in [1.807, 2.05) is 95.3 Å². The van der Waals surface area contributed by atoms with Crippen molar-refractivity contribution in [3.05, 3.63) is 71.8 Å². The summed E-state index contributed by atoms with van der Waals surface area (Å²) in [4.78, 5) is 64.4. The van der Waals surface area contributed by atoms with Crippen LogP contribution in [0.15, 0.2) is 60.7 Å². The number of nitrogens with one attached hydrogen (secondary N) is 2. The van der Waals surface area contributed by atoms with Crippen molar-refractivity contribution in [3.8, 4) is 0 Å². The summed E-state index contributed by atoms with van der Waals surface area (Å²) < 4.78 is 78.8. The lowest BCUT2D eigenvalue weighted by molar-refractivity contribution is -0.357. The van der Waals surface area contributed by atoms with Crippen molar-refractivity contribution in [3.63, 3.8) is 0 Å². The highest BCUT2D eigenvalue weighted by molar-refractivity contribution is 5.81. The van der Waals surface area contributed by atoms with Crippen LogP contribution in [-0.2, 0) is 89.2 Å². The van der Waals surface area contributed by atoms with Crippen LogP contribution in [0.3, 0.4) is 0 Å². The quantitative estimate of drug-likeness (QED) is 0.116. The number of benzene rings is 2. The van der Waals surface area contributed by atoms with Gasteiger partial charge in [0.25, 0.3) is 0 Å². The van der Waals surface area contributed by atoms with Gasteiger partial charge in [0.15, 0.2) is 43.2 Å². The zero-order valence-corrected chi connectivity index (χ0v) is 49.0. The van der Waals surface area contributed by atoms with Crippen molar-refractivity contribution in [1.82, 2.24) is 10.6 Å². The molecule has 0 saturated carbocycles. The van der Waals surface area contributed by atoms with E-state index in [0.29, 0.717) is 6.61 Å². The molecule has 81 heavy (non-hydrogen) atoms. The Bertz CT molecular complexity index is 2400. The number of Topliss-reactive ketones (excluding diaryl/α,β-unsaturated/α-hetero) is 1. The standard InChI is InChI=1S/C59H88N4O18/c1-28-30(3)46(35(8)64)77-54(32(28)5)78-47-33(6)44(62-38(11)65)55(74-36(47)9)79-48-34(7)45(63-39(12)66)56(80-50-37(10)73-52(53(60)67)59(13,69)51(50)81-58(61)68)76-43(48)27-72-57-49(71-25-41-22-18-15-19-23-41)31(4)29(2)42(75-57)26-70-24-40-20-16-14-17-21-40/h14-23,28-34,36-37,42-52,54-57,69H,24-27H2,1-13H3,(H2,60,67)(H2,61,68)(H,62,65)(H,63,66)/t28-,29-,30+,31-,32?,33+,34+,36?,37-,42?,43?,44?,45?,46?,47-,48-,49?,50?,51+,52?,54-,55-,56-,57+,59-/m0/s1. The fourth-order valence-corrected chi connectivity index (χ4v) is 12.2. The van der Waals surface area contributed by atoms with Crippen LogP contribution < -0.4 is 22.1 Å². The molecule has 22 heteroatoms. The molecule has 5 saturated heterocycles. The summed E-state index contributed by atoms with van der Waals surface area (Å²) in [6.07, 6.45) is -16.6.